The van der Waals surface area contributed by atoms with Crippen molar-refractivity contribution >= 4 is 11.7 Å². The second kappa shape index (κ2) is 8.01. The monoisotopic (exact) mass is 336 g/mol. The molecule has 2 heterocycles. The predicted octanol–water partition coefficient (Wildman–Crippen LogP) is 3.85. The molecule has 0 fully saturated rings. The molecule has 0 saturated carbocycles. The van der Waals surface area contributed by atoms with E-state index in [2.05, 4.69) is 15.3 Å². The highest BCUT2D eigenvalue weighted by molar-refractivity contribution is 5.89. The molecule has 0 atom stereocenters. The number of carbonyl (C=O) groups excluding carboxylic acids is 1. The number of amides is 2. The Hall–Kier alpha value is -3.28. The number of carbonyl (C=O) groups is 1. The van der Waals surface area contributed by atoms with E-state index in [1.165, 1.54) is 12.1 Å². The van der Waals surface area contributed by atoms with Gasteiger partial charge in [0.15, 0.2) is 0 Å². The normalized spacial score (nSPS) is 10.3. The third-order valence-corrected chi connectivity index (χ3v) is 3.58. The fourth-order valence-corrected chi connectivity index (χ4v) is 2.39. The summed E-state index contributed by atoms with van der Waals surface area (Å²) in [6.45, 7) is 0.788. The first-order valence-electron chi connectivity index (χ1n) is 7.80. The average Bonchev–Trinajstić information content (AvgIpc) is 2.63. The molecule has 6 heteroatoms. The molecular weight excluding hydrogens is 319 g/mol. The highest BCUT2D eigenvalue weighted by Crippen LogP contribution is 2.14. The number of hydrogen-bond donors (Lipinski definition) is 1. The Bertz CT molecular complexity index is 786. The smallest absolute Gasteiger partial charge is 0.316 e. The van der Waals surface area contributed by atoms with Crippen LogP contribution < -0.4 is 5.32 Å². The van der Waals surface area contributed by atoms with Crippen molar-refractivity contribution in [3.8, 4) is 0 Å². The van der Waals surface area contributed by atoms with Crippen LogP contribution in [0, 0.1) is 5.82 Å². The largest absolute Gasteiger partial charge is 0.322 e. The number of nitrogens with zero attached hydrogens (tertiary/aromatic N) is 3. The quantitative estimate of drug-likeness (QED) is 0.770. The molecule has 2 amide bonds. The van der Waals surface area contributed by atoms with E-state index in [-0.39, 0.29) is 6.03 Å². The molecule has 25 heavy (non-hydrogen) atoms. The zero-order chi connectivity index (χ0) is 17.5. The minimum absolute atomic E-state index is 0.314. The Balaban J connectivity index is 1.78. The molecule has 0 radical (unpaired) electrons. The molecule has 0 aliphatic heterocycles. The van der Waals surface area contributed by atoms with Gasteiger partial charge in [-0.3, -0.25) is 9.97 Å². The van der Waals surface area contributed by atoms with Gasteiger partial charge in [0.1, 0.15) is 5.82 Å². The van der Waals surface area contributed by atoms with Crippen molar-refractivity contribution in [3.05, 3.63) is 90.3 Å². The highest BCUT2D eigenvalue weighted by atomic mass is 19.1. The Morgan fingerprint density at radius 1 is 0.960 bits per heavy atom. The van der Waals surface area contributed by atoms with Crippen LogP contribution >= 0.6 is 0 Å². The number of nitrogens with one attached hydrogen (secondary N) is 1. The molecule has 0 bridgehead atoms. The Labute approximate surface area is 145 Å². The maximum atomic E-state index is 13.3. The minimum Gasteiger partial charge on any atom is -0.316 e. The van der Waals surface area contributed by atoms with Crippen LogP contribution in [0.15, 0.2) is 73.3 Å². The summed E-state index contributed by atoms with van der Waals surface area (Å²) in [6.07, 6.45) is 6.77. The number of aromatic nitrogens is 2. The molecule has 2 aromatic heterocycles. The third-order valence-electron chi connectivity index (χ3n) is 3.58. The predicted molar refractivity (Wildman–Crippen MR) is 93.1 cm³/mol. The van der Waals surface area contributed by atoms with Crippen LogP contribution in [-0.4, -0.2) is 20.9 Å². The summed E-state index contributed by atoms with van der Waals surface area (Å²) in [4.78, 5) is 22.4. The van der Waals surface area contributed by atoms with Gasteiger partial charge in [-0.1, -0.05) is 12.1 Å². The average molecular weight is 336 g/mol. The molecule has 126 valence electrons. The molecule has 0 unspecified atom stereocenters. The number of halogens is 1. The van der Waals surface area contributed by atoms with Crippen LogP contribution in [-0.2, 0) is 13.1 Å². The van der Waals surface area contributed by atoms with Gasteiger partial charge in [0.25, 0.3) is 0 Å². The van der Waals surface area contributed by atoms with Gasteiger partial charge in [-0.05, 0) is 47.5 Å². The van der Waals surface area contributed by atoms with Gasteiger partial charge in [-0.2, -0.15) is 0 Å². The topological polar surface area (TPSA) is 58.1 Å². The summed E-state index contributed by atoms with van der Waals surface area (Å²) < 4.78 is 13.3. The van der Waals surface area contributed by atoms with Crippen molar-refractivity contribution in [2.24, 2.45) is 0 Å². The number of rotatable bonds is 5. The van der Waals surface area contributed by atoms with Crippen molar-refractivity contribution in [2.75, 3.05) is 5.32 Å². The van der Waals surface area contributed by atoms with Crippen LogP contribution in [0.1, 0.15) is 11.1 Å². The summed E-state index contributed by atoms with van der Waals surface area (Å²) in [5.74, 6) is -0.397. The summed E-state index contributed by atoms with van der Waals surface area (Å²) >= 11 is 0. The van der Waals surface area contributed by atoms with Crippen LogP contribution in [0.25, 0.3) is 0 Å². The van der Waals surface area contributed by atoms with Crippen LogP contribution in [0.2, 0.25) is 0 Å². The van der Waals surface area contributed by atoms with Crippen molar-refractivity contribution < 1.29 is 9.18 Å². The summed E-state index contributed by atoms with van der Waals surface area (Å²) in [5, 5.41) is 2.73. The Morgan fingerprint density at radius 3 is 2.48 bits per heavy atom. The van der Waals surface area contributed by atoms with Crippen LogP contribution in [0.4, 0.5) is 14.9 Å². The first kappa shape index (κ1) is 16.6. The van der Waals surface area contributed by atoms with Gasteiger partial charge in [-0.15, -0.1) is 0 Å². The third kappa shape index (κ3) is 4.84. The molecule has 1 aromatic carbocycles. The van der Waals surface area contributed by atoms with E-state index in [4.69, 9.17) is 0 Å². The second-order valence-corrected chi connectivity index (χ2v) is 5.51. The first-order valence-corrected chi connectivity index (χ1v) is 7.80. The first-order chi connectivity index (χ1) is 12.2. The molecule has 1 N–H and O–H groups in total. The summed E-state index contributed by atoms with van der Waals surface area (Å²) in [7, 11) is 0. The fourth-order valence-electron chi connectivity index (χ4n) is 2.39. The number of urea groups is 1. The van der Waals surface area contributed by atoms with E-state index in [1.54, 1.807) is 41.8 Å². The van der Waals surface area contributed by atoms with E-state index in [0.717, 1.165) is 11.1 Å². The van der Waals surface area contributed by atoms with E-state index in [0.29, 0.717) is 18.8 Å². The molecule has 0 aliphatic rings. The van der Waals surface area contributed by atoms with Gasteiger partial charge in [0.05, 0.1) is 0 Å². The van der Waals surface area contributed by atoms with Crippen molar-refractivity contribution in [1.82, 2.24) is 14.9 Å². The zero-order valence-corrected chi connectivity index (χ0v) is 13.5. The van der Waals surface area contributed by atoms with E-state index >= 15 is 0 Å². The Kier molecular flexibility index (Phi) is 5.31. The second-order valence-electron chi connectivity index (χ2n) is 5.51. The van der Waals surface area contributed by atoms with Crippen LogP contribution in [0.5, 0.6) is 0 Å². The standard InChI is InChI=1S/C19H17FN4O/c20-17-4-1-5-18(11-17)23-19(25)24(13-15-6-9-21-10-7-15)14-16-3-2-8-22-12-16/h1-12H,13-14H2,(H,23,25). The van der Waals surface area contributed by atoms with Gasteiger partial charge in [0.2, 0.25) is 0 Å². The van der Waals surface area contributed by atoms with E-state index in [1.807, 2.05) is 24.3 Å². The highest BCUT2D eigenvalue weighted by Gasteiger charge is 2.15. The SMILES string of the molecule is O=C(Nc1cccc(F)c1)N(Cc1ccncc1)Cc1cccnc1. The van der Waals surface area contributed by atoms with Crippen molar-refractivity contribution in [1.29, 1.82) is 0 Å². The summed E-state index contributed by atoms with van der Waals surface area (Å²) in [5.41, 5.74) is 2.27. The molecule has 0 saturated heterocycles. The molecule has 0 aliphatic carbocycles. The van der Waals surface area contributed by atoms with E-state index < -0.39 is 5.82 Å². The molecule has 0 spiro atoms. The lowest BCUT2D eigenvalue weighted by Gasteiger charge is -2.23. The Morgan fingerprint density at radius 2 is 1.76 bits per heavy atom. The zero-order valence-electron chi connectivity index (χ0n) is 13.5. The number of anilines is 1. The molecule has 3 aromatic rings. The number of hydrogen-bond acceptors (Lipinski definition) is 3. The molecule has 5 nitrogen and oxygen atoms in total. The van der Waals surface area contributed by atoms with Crippen molar-refractivity contribution in [3.63, 3.8) is 0 Å². The van der Waals surface area contributed by atoms with Crippen molar-refractivity contribution in [2.45, 2.75) is 13.1 Å². The maximum absolute atomic E-state index is 13.3. The van der Waals surface area contributed by atoms with Gasteiger partial charge >= 0.3 is 6.03 Å². The lowest BCUT2D eigenvalue weighted by atomic mass is 10.2. The maximum Gasteiger partial charge on any atom is 0.322 e. The molecular formula is C19H17FN4O. The lowest BCUT2D eigenvalue weighted by Crippen LogP contribution is -2.34. The minimum atomic E-state index is -0.397. The summed E-state index contributed by atoms with van der Waals surface area (Å²) in [6, 6.07) is 12.9. The lowest BCUT2D eigenvalue weighted by molar-refractivity contribution is 0.206. The van der Waals surface area contributed by atoms with Gasteiger partial charge in [0, 0.05) is 43.6 Å². The molecule has 3 rings (SSSR count). The van der Waals surface area contributed by atoms with Gasteiger partial charge < -0.3 is 10.2 Å². The number of pyridine rings is 2. The van der Waals surface area contributed by atoms with Gasteiger partial charge in [-0.25, -0.2) is 9.18 Å². The fraction of sp³-hybridized carbons (Fsp3) is 0.105. The van der Waals surface area contributed by atoms with E-state index in [9.17, 15) is 9.18 Å². The van der Waals surface area contributed by atoms with Crippen LogP contribution in [0.3, 0.4) is 0 Å². The number of benzene rings is 1.